The number of rotatable bonds is 4. The molecule has 2 aliphatic heterocycles. The average molecular weight is 339 g/mol. The molecular formula is C19H21N3O3. The standard InChI is InChI=1S/C19H21N3O3/c1-20-18-11-14(6-7-21-18)15-3-2-8-22(15)19(23)10-13-4-5-16-17(9-13)25-12-24-16/h4-7,9,11,15H,2-3,8,10,12H2,1H3,(H,20,21). The highest BCUT2D eigenvalue weighted by atomic mass is 16.7. The van der Waals surface area contributed by atoms with Gasteiger partial charge >= 0.3 is 0 Å². The number of anilines is 1. The van der Waals surface area contributed by atoms with Crippen molar-refractivity contribution in [2.24, 2.45) is 0 Å². The van der Waals surface area contributed by atoms with Crippen LogP contribution >= 0.6 is 0 Å². The number of ether oxygens (including phenoxy) is 2. The van der Waals surface area contributed by atoms with E-state index < -0.39 is 0 Å². The predicted octanol–water partition coefficient (Wildman–Crippen LogP) is 2.76. The minimum absolute atomic E-state index is 0.122. The lowest BCUT2D eigenvalue weighted by Gasteiger charge is -2.25. The van der Waals surface area contributed by atoms with Gasteiger partial charge in [-0.25, -0.2) is 4.98 Å². The fourth-order valence-electron chi connectivity index (χ4n) is 3.53. The number of aromatic nitrogens is 1. The molecule has 0 radical (unpaired) electrons. The molecule has 0 spiro atoms. The molecule has 130 valence electrons. The summed E-state index contributed by atoms with van der Waals surface area (Å²) < 4.78 is 10.7. The van der Waals surface area contributed by atoms with Crippen LogP contribution < -0.4 is 14.8 Å². The molecule has 1 saturated heterocycles. The van der Waals surface area contributed by atoms with Gasteiger partial charge in [0, 0.05) is 19.8 Å². The smallest absolute Gasteiger partial charge is 0.231 e. The molecule has 1 fully saturated rings. The zero-order chi connectivity index (χ0) is 17.2. The van der Waals surface area contributed by atoms with Gasteiger partial charge in [0.2, 0.25) is 12.7 Å². The second-order valence-electron chi connectivity index (χ2n) is 6.33. The third-order valence-corrected chi connectivity index (χ3v) is 4.79. The fourth-order valence-corrected chi connectivity index (χ4v) is 3.53. The molecule has 1 atom stereocenters. The second-order valence-corrected chi connectivity index (χ2v) is 6.33. The van der Waals surface area contributed by atoms with Gasteiger partial charge < -0.3 is 19.7 Å². The number of hydrogen-bond donors (Lipinski definition) is 1. The van der Waals surface area contributed by atoms with Crippen molar-refractivity contribution < 1.29 is 14.3 Å². The Morgan fingerprint density at radius 2 is 2.16 bits per heavy atom. The Bertz CT molecular complexity index is 793. The Labute approximate surface area is 146 Å². The Morgan fingerprint density at radius 3 is 3.04 bits per heavy atom. The predicted molar refractivity (Wildman–Crippen MR) is 93.7 cm³/mol. The number of pyridine rings is 1. The van der Waals surface area contributed by atoms with Crippen molar-refractivity contribution in [3.05, 3.63) is 47.7 Å². The van der Waals surface area contributed by atoms with Gasteiger partial charge in [-0.3, -0.25) is 4.79 Å². The molecule has 6 heteroatoms. The highest BCUT2D eigenvalue weighted by molar-refractivity contribution is 5.80. The van der Waals surface area contributed by atoms with Gasteiger partial charge in [-0.2, -0.15) is 0 Å². The van der Waals surface area contributed by atoms with Crippen LogP contribution in [0, 0.1) is 0 Å². The van der Waals surface area contributed by atoms with Crippen LogP contribution in [0.5, 0.6) is 11.5 Å². The first-order valence-corrected chi connectivity index (χ1v) is 8.56. The Balaban J connectivity index is 1.50. The molecule has 0 bridgehead atoms. The summed E-state index contributed by atoms with van der Waals surface area (Å²) in [6, 6.07) is 9.85. The number of carbonyl (C=O) groups excluding carboxylic acids is 1. The van der Waals surface area contributed by atoms with E-state index in [0.717, 1.165) is 47.8 Å². The van der Waals surface area contributed by atoms with E-state index in [9.17, 15) is 4.79 Å². The van der Waals surface area contributed by atoms with Crippen LogP contribution in [0.4, 0.5) is 5.82 Å². The van der Waals surface area contributed by atoms with E-state index >= 15 is 0 Å². The number of carbonyl (C=O) groups is 1. The van der Waals surface area contributed by atoms with Gasteiger partial charge in [0.15, 0.2) is 11.5 Å². The van der Waals surface area contributed by atoms with Crippen LogP contribution in [0.2, 0.25) is 0 Å². The SMILES string of the molecule is CNc1cc(C2CCCN2C(=O)Cc2ccc3c(c2)OCO3)ccn1. The van der Waals surface area contributed by atoms with Crippen LogP contribution in [0.1, 0.15) is 30.0 Å². The summed E-state index contributed by atoms with van der Waals surface area (Å²) in [4.78, 5) is 19.1. The summed E-state index contributed by atoms with van der Waals surface area (Å²) in [5.74, 6) is 2.43. The number of nitrogens with zero attached hydrogens (tertiary/aromatic N) is 2. The van der Waals surface area contributed by atoms with Crippen LogP contribution in [0.25, 0.3) is 0 Å². The monoisotopic (exact) mass is 339 g/mol. The van der Waals surface area contributed by atoms with Gasteiger partial charge in [-0.05, 0) is 48.2 Å². The lowest BCUT2D eigenvalue weighted by Crippen LogP contribution is -2.31. The lowest BCUT2D eigenvalue weighted by molar-refractivity contribution is -0.131. The molecule has 2 aromatic rings. The third-order valence-electron chi connectivity index (χ3n) is 4.79. The quantitative estimate of drug-likeness (QED) is 0.928. The highest BCUT2D eigenvalue weighted by Crippen LogP contribution is 2.35. The van der Waals surface area contributed by atoms with E-state index in [2.05, 4.69) is 10.3 Å². The van der Waals surface area contributed by atoms with E-state index in [4.69, 9.17) is 9.47 Å². The van der Waals surface area contributed by atoms with E-state index in [-0.39, 0.29) is 18.7 Å². The first-order chi connectivity index (χ1) is 12.2. The second kappa shape index (κ2) is 6.63. The maximum atomic E-state index is 12.9. The molecule has 1 amide bonds. The number of amides is 1. The molecule has 1 aromatic heterocycles. The van der Waals surface area contributed by atoms with Crippen LogP contribution in [-0.4, -0.2) is 36.2 Å². The van der Waals surface area contributed by atoms with Crippen molar-refractivity contribution in [3.63, 3.8) is 0 Å². The van der Waals surface area contributed by atoms with Crippen molar-refractivity contribution in [3.8, 4) is 11.5 Å². The van der Waals surface area contributed by atoms with Crippen molar-refractivity contribution in [1.82, 2.24) is 9.88 Å². The number of hydrogen-bond acceptors (Lipinski definition) is 5. The first kappa shape index (κ1) is 15.7. The number of likely N-dealkylation sites (tertiary alicyclic amines) is 1. The molecule has 6 nitrogen and oxygen atoms in total. The molecule has 1 unspecified atom stereocenters. The summed E-state index contributed by atoms with van der Waals surface area (Å²) in [6.45, 7) is 1.04. The van der Waals surface area contributed by atoms with E-state index in [1.165, 1.54) is 0 Å². The van der Waals surface area contributed by atoms with E-state index in [1.54, 1.807) is 6.20 Å². The van der Waals surface area contributed by atoms with Crippen LogP contribution in [0.3, 0.4) is 0 Å². The van der Waals surface area contributed by atoms with Gasteiger partial charge in [0.05, 0.1) is 12.5 Å². The topological polar surface area (TPSA) is 63.7 Å². The maximum Gasteiger partial charge on any atom is 0.231 e. The van der Waals surface area contributed by atoms with Crippen molar-refractivity contribution >= 4 is 11.7 Å². The third kappa shape index (κ3) is 3.12. The Hall–Kier alpha value is -2.76. The molecule has 3 heterocycles. The summed E-state index contributed by atoms with van der Waals surface area (Å²) in [5, 5.41) is 3.06. The van der Waals surface area contributed by atoms with Crippen molar-refractivity contribution in [2.75, 3.05) is 25.7 Å². The Morgan fingerprint density at radius 1 is 1.28 bits per heavy atom. The summed E-state index contributed by atoms with van der Waals surface area (Å²) in [6.07, 6.45) is 4.17. The molecule has 1 N–H and O–H groups in total. The zero-order valence-electron chi connectivity index (χ0n) is 14.2. The molecule has 0 aliphatic carbocycles. The van der Waals surface area contributed by atoms with Crippen molar-refractivity contribution in [1.29, 1.82) is 0 Å². The zero-order valence-corrected chi connectivity index (χ0v) is 14.2. The van der Waals surface area contributed by atoms with Crippen LogP contribution in [0.15, 0.2) is 36.5 Å². The Kier molecular flexibility index (Phi) is 4.17. The van der Waals surface area contributed by atoms with Crippen molar-refractivity contribution in [2.45, 2.75) is 25.3 Å². The minimum Gasteiger partial charge on any atom is -0.454 e. The minimum atomic E-state index is 0.122. The van der Waals surface area contributed by atoms with E-state index in [0.29, 0.717) is 6.42 Å². The molecule has 0 saturated carbocycles. The van der Waals surface area contributed by atoms with Crippen LogP contribution in [-0.2, 0) is 11.2 Å². The average Bonchev–Trinajstić information content (AvgIpc) is 3.30. The maximum absolute atomic E-state index is 12.9. The number of nitrogens with one attached hydrogen (secondary N) is 1. The number of benzene rings is 1. The molecule has 25 heavy (non-hydrogen) atoms. The van der Waals surface area contributed by atoms with E-state index in [1.807, 2.05) is 42.3 Å². The summed E-state index contributed by atoms with van der Waals surface area (Å²) in [7, 11) is 1.85. The summed E-state index contributed by atoms with van der Waals surface area (Å²) in [5.41, 5.74) is 2.08. The lowest BCUT2D eigenvalue weighted by atomic mass is 10.0. The molecular weight excluding hydrogens is 318 g/mol. The van der Waals surface area contributed by atoms with Gasteiger partial charge in [-0.1, -0.05) is 6.07 Å². The van der Waals surface area contributed by atoms with Gasteiger partial charge in [0.1, 0.15) is 5.82 Å². The molecule has 4 rings (SSSR count). The normalized spacial score (nSPS) is 18.4. The summed E-state index contributed by atoms with van der Waals surface area (Å²) >= 11 is 0. The number of fused-ring (bicyclic) bond motifs is 1. The fraction of sp³-hybridized carbons (Fsp3) is 0.368. The van der Waals surface area contributed by atoms with Gasteiger partial charge in [0.25, 0.3) is 0 Å². The highest BCUT2D eigenvalue weighted by Gasteiger charge is 2.30. The largest absolute Gasteiger partial charge is 0.454 e. The molecule has 1 aromatic carbocycles. The van der Waals surface area contributed by atoms with Gasteiger partial charge in [-0.15, -0.1) is 0 Å². The first-order valence-electron chi connectivity index (χ1n) is 8.56. The molecule has 2 aliphatic rings.